The van der Waals surface area contributed by atoms with Gasteiger partial charge in [0.25, 0.3) is 0 Å². The zero-order chi connectivity index (χ0) is 10.5. The summed E-state index contributed by atoms with van der Waals surface area (Å²) in [5.41, 5.74) is 5.14. The van der Waals surface area contributed by atoms with Crippen molar-refractivity contribution in [3.8, 4) is 0 Å². The van der Waals surface area contributed by atoms with Gasteiger partial charge >= 0.3 is 5.97 Å². The molecule has 1 amide bonds. The lowest BCUT2D eigenvalue weighted by Gasteiger charge is -2.46. The summed E-state index contributed by atoms with van der Waals surface area (Å²) in [6.07, 6.45) is 0. The van der Waals surface area contributed by atoms with Crippen molar-refractivity contribution in [2.45, 2.75) is 11.4 Å². The van der Waals surface area contributed by atoms with Crippen LogP contribution in [0.15, 0.2) is 11.5 Å². The maximum atomic E-state index is 11.2. The number of hydrogen-bond acceptors (Lipinski definition) is 5. The van der Waals surface area contributed by atoms with E-state index in [2.05, 4.69) is 0 Å². The topological polar surface area (TPSA) is 104 Å². The Morgan fingerprint density at radius 3 is 2.86 bits per heavy atom. The van der Waals surface area contributed by atoms with Crippen LogP contribution in [-0.4, -0.2) is 44.2 Å². The molecule has 0 aromatic heterocycles. The molecule has 0 saturated carbocycles. The highest BCUT2D eigenvalue weighted by Gasteiger charge is 2.52. The summed E-state index contributed by atoms with van der Waals surface area (Å²) in [4.78, 5) is 23.0. The lowest BCUT2D eigenvalue weighted by Crippen LogP contribution is -2.68. The van der Waals surface area contributed by atoms with Gasteiger partial charge in [-0.05, 0) is 0 Å². The van der Waals surface area contributed by atoms with Gasteiger partial charge in [0.1, 0.15) is 17.2 Å². The molecular formula is C7H8N2O4S. The summed E-state index contributed by atoms with van der Waals surface area (Å²) in [6, 6.07) is -0.651. The van der Waals surface area contributed by atoms with Crippen LogP contribution < -0.4 is 5.73 Å². The van der Waals surface area contributed by atoms with Crippen LogP contribution in [0, 0.1) is 0 Å². The minimum absolute atomic E-state index is 0.184. The minimum Gasteiger partial charge on any atom is -0.509 e. The summed E-state index contributed by atoms with van der Waals surface area (Å²) in [6.45, 7) is 0. The predicted molar refractivity (Wildman–Crippen MR) is 48.4 cm³/mol. The third-order valence-electron chi connectivity index (χ3n) is 2.19. The number of carbonyl (C=O) groups excluding carboxylic acids is 1. The van der Waals surface area contributed by atoms with Crippen molar-refractivity contribution in [1.29, 1.82) is 0 Å². The first kappa shape index (κ1) is 9.35. The second-order valence-corrected chi connectivity index (χ2v) is 4.14. The van der Waals surface area contributed by atoms with Crippen LogP contribution in [0.5, 0.6) is 0 Å². The molecule has 2 aliphatic rings. The number of nitrogens with zero attached hydrogens (tertiary/aromatic N) is 1. The summed E-state index contributed by atoms with van der Waals surface area (Å²) >= 11 is 1.26. The number of thioether (sulfide) groups is 1. The molecule has 0 aliphatic carbocycles. The van der Waals surface area contributed by atoms with Gasteiger partial charge in [0.05, 0.1) is 5.75 Å². The molecule has 2 atom stereocenters. The van der Waals surface area contributed by atoms with Gasteiger partial charge in [0, 0.05) is 0 Å². The zero-order valence-electron chi connectivity index (χ0n) is 7.01. The van der Waals surface area contributed by atoms with Crippen molar-refractivity contribution in [2.24, 2.45) is 5.73 Å². The van der Waals surface area contributed by atoms with E-state index < -0.39 is 17.9 Å². The number of aliphatic hydroxyl groups is 1. The van der Waals surface area contributed by atoms with Crippen LogP contribution >= 0.6 is 11.8 Å². The highest BCUT2D eigenvalue weighted by atomic mass is 32.2. The molecule has 1 saturated heterocycles. The second kappa shape index (κ2) is 2.89. The molecular weight excluding hydrogens is 208 g/mol. The lowest BCUT2D eigenvalue weighted by atomic mass is 10.1. The van der Waals surface area contributed by atoms with Crippen LogP contribution in [0.25, 0.3) is 0 Å². The fraction of sp³-hybridized carbons (Fsp3) is 0.429. The lowest BCUT2D eigenvalue weighted by molar-refractivity contribution is -0.148. The number of nitrogens with two attached hydrogens (primary N) is 1. The first-order valence-electron chi connectivity index (χ1n) is 3.89. The first-order valence-corrected chi connectivity index (χ1v) is 4.94. The van der Waals surface area contributed by atoms with Crippen molar-refractivity contribution in [2.75, 3.05) is 5.75 Å². The Bertz CT molecular complexity index is 354. The fourth-order valence-electron chi connectivity index (χ4n) is 1.50. The Morgan fingerprint density at radius 1 is 1.64 bits per heavy atom. The Kier molecular flexibility index (Phi) is 1.93. The molecule has 0 radical (unpaired) electrons. The standard InChI is InChI=1S/C7H8N2O4S/c8-3-5(11)9-4(7(12)13)2(10)1-14-6(3)9/h3,6,10H,1,8H2,(H,12,13)/t3?,6-/m0/s1. The number of carboxylic acid groups (broad SMARTS) is 1. The summed E-state index contributed by atoms with van der Waals surface area (Å²) in [5, 5.41) is 17.7. The van der Waals surface area contributed by atoms with Crippen LogP contribution in [0.3, 0.4) is 0 Å². The van der Waals surface area contributed by atoms with Gasteiger partial charge in [-0.3, -0.25) is 9.69 Å². The monoisotopic (exact) mass is 216 g/mol. The molecule has 2 aliphatic heterocycles. The van der Waals surface area contributed by atoms with Crippen molar-refractivity contribution >= 4 is 23.6 Å². The Hall–Kier alpha value is -1.21. The number of amides is 1. The molecule has 4 N–H and O–H groups in total. The van der Waals surface area contributed by atoms with Gasteiger partial charge in [-0.2, -0.15) is 0 Å². The predicted octanol–water partition coefficient (Wildman–Crippen LogP) is -0.917. The van der Waals surface area contributed by atoms with Gasteiger partial charge in [0.15, 0.2) is 5.70 Å². The summed E-state index contributed by atoms with van der Waals surface area (Å²) in [5.74, 6) is -1.85. The number of aliphatic hydroxyl groups excluding tert-OH is 1. The summed E-state index contributed by atoms with van der Waals surface area (Å²) in [7, 11) is 0. The smallest absolute Gasteiger partial charge is 0.356 e. The summed E-state index contributed by atoms with van der Waals surface area (Å²) < 4.78 is 0. The number of β-lactam (4-membered cyclic amide) rings is 1. The van der Waals surface area contributed by atoms with E-state index >= 15 is 0 Å². The van der Waals surface area contributed by atoms with E-state index in [-0.39, 0.29) is 22.6 Å². The van der Waals surface area contributed by atoms with E-state index in [0.717, 1.165) is 4.90 Å². The molecule has 0 spiro atoms. The van der Waals surface area contributed by atoms with Crippen molar-refractivity contribution in [1.82, 2.24) is 4.90 Å². The normalized spacial score (nSPS) is 31.2. The van der Waals surface area contributed by atoms with E-state index in [1.54, 1.807) is 0 Å². The number of fused-ring (bicyclic) bond motifs is 1. The molecule has 14 heavy (non-hydrogen) atoms. The van der Waals surface area contributed by atoms with Crippen LogP contribution in [0.2, 0.25) is 0 Å². The molecule has 1 unspecified atom stereocenters. The Labute approximate surface area is 83.4 Å². The van der Waals surface area contributed by atoms with E-state index in [1.807, 2.05) is 0 Å². The van der Waals surface area contributed by atoms with Crippen LogP contribution in [0.1, 0.15) is 0 Å². The van der Waals surface area contributed by atoms with Gasteiger partial charge in [0.2, 0.25) is 5.91 Å². The Balaban J connectivity index is 2.37. The van der Waals surface area contributed by atoms with Gasteiger partial charge in [-0.25, -0.2) is 4.79 Å². The third kappa shape index (κ3) is 1.02. The molecule has 7 heteroatoms. The molecule has 0 bridgehead atoms. The number of carboxylic acids is 1. The van der Waals surface area contributed by atoms with Crippen molar-refractivity contribution < 1.29 is 19.8 Å². The number of aliphatic carboxylic acids is 1. The van der Waals surface area contributed by atoms with Crippen LogP contribution in [0.4, 0.5) is 0 Å². The second-order valence-electron chi connectivity index (χ2n) is 3.04. The average molecular weight is 216 g/mol. The third-order valence-corrected chi connectivity index (χ3v) is 3.48. The van der Waals surface area contributed by atoms with Gasteiger partial charge in [-0.1, -0.05) is 0 Å². The largest absolute Gasteiger partial charge is 0.509 e. The number of hydrogen-bond donors (Lipinski definition) is 3. The molecule has 2 rings (SSSR count). The van der Waals surface area contributed by atoms with E-state index in [9.17, 15) is 14.7 Å². The average Bonchev–Trinajstić information content (AvgIpc) is 2.15. The van der Waals surface area contributed by atoms with Crippen LogP contribution in [-0.2, 0) is 9.59 Å². The van der Waals surface area contributed by atoms with Crippen molar-refractivity contribution in [3.05, 3.63) is 11.5 Å². The maximum absolute atomic E-state index is 11.2. The Morgan fingerprint density at radius 2 is 2.29 bits per heavy atom. The highest BCUT2D eigenvalue weighted by Crippen LogP contribution is 2.38. The number of carbonyl (C=O) groups is 2. The molecule has 6 nitrogen and oxygen atoms in total. The minimum atomic E-state index is -1.30. The molecule has 0 aromatic rings. The van der Waals surface area contributed by atoms with E-state index in [4.69, 9.17) is 10.8 Å². The first-order chi connectivity index (χ1) is 6.54. The fourth-order valence-corrected chi connectivity index (χ4v) is 2.65. The SMILES string of the molecule is NC1C(=O)N2C(C(=O)O)=C(O)CS[C@@H]12. The maximum Gasteiger partial charge on any atom is 0.356 e. The van der Waals surface area contributed by atoms with Crippen molar-refractivity contribution in [3.63, 3.8) is 0 Å². The molecule has 2 heterocycles. The highest BCUT2D eigenvalue weighted by molar-refractivity contribution is 8.00. The van der Waals surface area contributed by atoms with E-state index in [1.165, 1.54) is 11.8 Å². The van der Waals surface area contributed by atoms with Gasteiger partial charge in [-0.15, -0.1) is 11.8 Å². The van der Waals surface area contributed by atoms with Gasteiger partial charge < -0.3 is 15.9 Å². The molecule has 1 fully saturated rings. The quantitative estimate of drug-likeness (QED) is 0.490. The molecule has 0 aromatic carbocycles. The zero-order valence-corrected chi connectivity index (χ0v) is 7.82. The molecule has 76 valence electrons. The van der Waals surface area contributed by atoms with E-state index in [0.29, 0.717) is 0 Å². The number of rotatable bonds is 1.